The molecule has 0 aromatic rings. The first-order chi connectivity index (χ1) is 4.02. The number of rotatable bonds is 0. The van der Waals surface area contributed by atoms with E-state index in [-0.39, 0.29) is 0 Å². The summed E-state index contributed by atoms with van der Waals surface area (Å²) in [4.78, 5) is 0. The van der Waals surface area contributed by atoms with Crippen LogP contribution in [0.25, 0.3) is 0 Å². The van der Waals surface area contributed by atoms with Crippen molar-refractivity contribution in [2.24, 2.45) is 0 Å². The topological polar surface area (TPSA) is 20.2 Å². The summed E-state index contributed by atoms with van der Waals surface area (Å²) < 4.78 is 34.4. The van der Waals surface area contributed by atoms with Crippen molar-refractivity contribution >= 4 is 0 Å². The first-order valence-electron chi connectivity index (χ1n) is 2.20. The minimum absolute atomic E-state index is 0.678. The smallest absolute Gasteiger partial charge is 0.419 e. The third-order valence-electron chi connectivity index (χ3n) is 0.989. The predicted octanol–water partition coefficient (Wildman–Crippen LogP) is 1.93. The van der Waals surface area contributed by atoms with Crippen LogP contribution in [0.5, 0.6) is 0 Å². The standard InChI is InChI=1S/C5H3F3O/c6-5(7,8)3-1-2-4(3)9/h1-2,9H. The average Bonchev–Trinajstić information content (AvgIpc) is 1.57. The second-order valence-corrected chi connectivity index (χ2v) is 1.63. The Bertz CT molecular complexity index is 187. The molecule has 50 valence electrons. The predicted molar refractivity (Wildman–Crippen MR) is 24.8 cm³/mol. The van der Waals surface area contributed by atoms with Crippen LogP contribution in [-0.4, -0.2) is 11.3 Å². The maximum atomic E-state index is 11.5. The number of aliphatic hydroxyl groups is 1. The molecule has 0 aromatic carbocycles. The lowest BCUT2D eigenvalue weighted by molar-refractivity contribution is -0.0935. The van der Waals surface area contributed by atoms with Gasteiger partial charge in [0.15, 0.2) is 0 Å². The average molecular weight is 136 g/mol. The van der Waals surface area contributed by atoms with Crippen LogP contribution in [0.1, 0.15) is 0 Å². The van der Waals surface area contributed by atoms with Gasteiger partial charge in [0.25, 0.3) is 0 Å². The van der Waals surface area contributed by atoms with E-state index in [0.717, 1.165) is 12.2 Å². The Hall–Kier alpha value is -0.930. The number of hydrogen-bond donors (Lipinski definition) is 1. The summed E-state index contributed by atoms with van der Waals surface area (Å²) in [6.45, 7) is 0. The second-order valence-electron chi connectivity index (χ2n) is 1.63. The van der Waals surface area contributed by atoms with Crippen LogP contribution in [0.4, 0.5) is 13.2 Å². The van der Waals surface area contributed by atoms with Gasteiger partial charge in [0.2, 0.25) is 0 Å². The first-order valence-corrected chi connectivity index (χ1v) is 2.20. The Morgan fingerprint density at radius 2 is 1.78 bits per heavy atom. The van der Waals surface area contributed by atoms with Crippen LogP contribution in [-0.2, 0) is 0 Å². The van der Waals surface area contributed by atoms with E-state index in [0.29, 0.717) is 0 Å². The van der Waals surface area contributed by atoms with Crippen molar-refractivity contribution < 1.29 is 18.3 Å². The van der Waals surface area contributed by atoms with Crippen LogP contribution in [0, 0.1) is 0 Å². The van der Waals surface area contributed by atoms with E-state index in [9.17, 15) is 13.2 Å². The van der Waals surface area contributed by atoms with Gasteiger partial charge in [-0.15, -0.1) is 0 Å². The van der Waals surface area contributed by atoms with E-state index in [1.165, 1.54) is 0 Å². The Kier molecular flexibility index (Phi) is 1.05. The van der Waals surface area contributed by atoms with Gasteiger partial charge in [0, 0.05) is 0 Å². The zero-order chi connectivity index (χ0) is 7.07. The van der Waals surface area contributed by atoms with Gasteiger partial charge in [-0.3, -0.25) is 0 Å². The second kappa shape index (κ2) is 1.52. The lowest BCUT2D eigenvalue weighted by atomic mass is 10.1. The lowest BCUT2D eigenvalue weighted by Gasteiger charge is -2.14. The highest BCUT2D eigenvalue weighted by Crippen LogP contribution is 2.34. The molecular weight excluding hydrogens is 133 g/mol. The van der Waals surface area contributed by atoms with Crippen molar-refractivity contribution in [2.45, 2.75) is 6.18 Å². The minimum atomic E-state index is -4.39. The van der Waals surface area contributed by atoms with Crippen LogP contribution < -0.4 is 0 Å². The van der Waals surface area contributed by atoms with Gasteiger partial charge in [-0.05, 0) is 12.2 Å². The van der Waals surface area contributed by atoms with Crippen molar-refractivity contribution in [1.29, 1.82) is 0 Å². The van der Waals surface area contributed by atoms with Crippen molar-refractivity contribution in [2.75, 3.05) is 0 Å². The van der Waals surface area contributed by atoms with E-state index >= 15 is 0 Å². The summed E-state index contributed by atoms with van der Waals surface area (Å²) in [5.41, 5.74) is -0.942. The maximum absolute atomic E-state index is 11.5. The van der Waals surface area contributed by atoms with Crippen molar-refractivity contribution in [3.63, 3.8) is 0 Å². The third kappa shape index (κ3) is 0.918. The molecule has 9 heavy (non-hydrogen) atoms. The van der Waals surface area contributed by atoms with Crippen molar-refractivity contribution in [3.8, 4) is 0 Å². The molecule has 0 atom stereocenters. The zero-order valence-corrected chi connectivity index (χ0v) is 4.24. The number of alkyl halides is 3. The number of hydrogen-bond acceptors (Lipinski definition) is 1. The van der Waals surface area contributed by atoms with Gasteiger partial charge in [-0.1, -0.05) is 0 Å². The molecule has 0 aliphatic heterocycles. The summed E-state index contributed by atoms with van der Waals surface area (Å²) >= 11 is 0. The molecule has 0 aromatic heterocycles. The molecule has 0 radical (unpaired) electrons. The fourth-order valence-electron chi connectivity index (χ4n) is 0.481. The van der Waals surface area contributed by atoms with Gasteiger partial charge < -0.3 is 5.11 Å². The molecule has 1 rings (SSSR count). The van der Waals surface area contributed by atoms with Gasteiger partial charge in [-0.25, -0.2) is 0 Å². The number of allylic oxidation sites excluding steroid dienone is 3. The highest BCUT2D eigenvalue weighted by Gasteiger charge is 2.38. The number of halogens is 3. The summed E-state index contributed by atoms with van der Waals surface area (Å²) in [7, 11) is 0. The Morgan fingerprint density at radius 1 is 1.22 bits per heavy atom. The summed E-state index contributed by atoms with van der Waals surface area (Å²) in [5, 5.41) is 8.32. The molecule has 1 N–H and O–H groups in total. The third-order valence-corrected chi connectivity index (χ3v) is 0.989. The normalized spacial score (nSPS) is 18.1. The van der Waals surface area contributed by atoms with Crippen LogP contribution >= 0.6 is 0 Å². The summed E-state index contributed by atoms with van der Waals surface area (Å²) in [6, 6.07) is 0. The fraction of sp³-hybridized carbons (Fsp3) is 0.200. The van der Waals surface area contributed by atoms with Gasteiger partial charge >= 0.3 is 6.18 Å². The van der Waals surface area contributed by atoms with Crippen LogP contribution in [0.15, 0.2) is 23.5 Å². The largest absolute Gasteiger partial charge is 0.507 e. The summed E-state index contributed by atoms with van der Waals surface area (Å²) in [5.74, 6) is -0.678. The fourth-order valence-corrected chi connectivity index (χ4v) is 0.481. The zero-order valence-electron chi connectivity index (χ0n) is 4.24. The lowest BCUT2D eigenvalue weighted by Crippen LogP contribution is -2.17. The molecule has 1 nitrogen and oxygen atoms in total. The highest BCUT2D eigenvalue weighted by atomic mass is 19.4. The SMILES string of the molecule is OC1=CC=C1C(F)(F)F. The molecular formula is C5H3F3O. The first kappa shape index (κ1) is 6.19. The van der Waals surface area contributed by atoms with Crippen molar-refractivity contribution in [3.05, 3.63) is 23.5 Å². The van der Waals surface area contributed by atoms with E-state index in [1.807, 2.05) is 0 Å². The number of aliphatic hydroxyl groups excluding tert-OH is 1. The van der Waals surface area contributed by atoms with E-state index in [2.05, 4.69) is 0 Å². The highest BCUT2D eigenvalue weighted by molar-refractivity contribution is 5.43. The Morgan fingerprint density at radius 3 is 1.78 bits per heavy atom. The monoisotopic (exact) mass is 136 g/mol. The molecule has 0 unspecified atom stereocenters. The molecule has 0 amide bonds. The molecule has 1 aliphatic rings. The Labute approximate surface area is 49.1 Å². The quantitative estimate of drug-likeness (QED) is 0.539. The molecule has 0 saturated heterocycles. The van der Waals surface area contributed by atoms with Crippen molar-refractivity contribution in [1.82, 2.24) is 0 Å². The van der Waals surface area contributed by atoms with E-state index in [4.69, 9.17) is 5.11 Å². The minimum Gasteiger partial charge on any atom is -0.507 e. The molecule has 0 bridgehead atoms. The molecule has 4 heteroatoms. The molecule has 0 heterocycles. The summed E-state index contributed by atoms with van der Waals surface area (Å²) in [6.07, 6.45) is -2.56. The maximum Gasteiger partial charge on any atom is 0.419 e. The molecule has 0 fully saturated rings. The van der Waals surface area contributed by atoms with Crippen LogP contribution in [0.2, 0.25) is 0 Å². The molecule has 1 aliphatic carbocycles. The van der Waals surface area contributed by atoms with Gasteiger partial charge in [0.1, 0.15) is 5.76 Å². The van der Waals surface area contributed by atoms with Crippen LogP contribution in [0.3, 0.4) is 0 Å². The Balaban J connectivity index is 2.68. The van der Waals surface area contributed by atoms with Gasteiger partial charge in [-0.2, -0.15) is 13.2 Å². The van der Waals surface area contributed by atoms with E-state index < -0.39 is 17.5 Å². The molecule has 0 saturated carbocycles. The van der Waals surface area contributed by atoms with Gasteiger partial charge in [0.05, 0.1) is 5.57 Å². The molecule has 0 spiro atoms. The van der Waals surface area contributed by atoms with E-state index in [1.54, 1.807) is 0 Å².